The molecule has 0 aliphatic rings. The standard InChI is InChI=1S/C17H13NO/c19-17(15-7-2-1-3-8-15)13-18-11-10-14-6-4-5-9-16(14)12-18/h1-13H/b17-13-. The maximum atomic E-state index is 12.1. The molecule has 0 amide bonds. The first kappa shape index (κ1) is 11.5. The summed E-state index contributed by atoms with van der Waals surface area (Å²) in [6.45, 7) is 0. The van der Waals surface area contributed by atoms with E-state index in [4.69, 9.17) is 0 Å². The number of pyridine rings is 1. The summed E-state index contributed by atoms with van der Waals surface area (Å²) >= 11 is 0. The summed E-state index contributed by atoms with van der Waals surface area (Å²) in [4.78, 5) is 0. The highest BCUT2D eigenvalue weighted by molar-refractivity contribution is 5.80. The number of hydrogen-bond acceptors (Lipinski definition) is 1. The zero-order chi connectivity index (χ0) is 13.1. The highest BCUT2D eigenvalue weighted by atomic mass is 16.3. The van der Waals surface area contributed by atoms with Crippen molar-refractivity contribution in [2.45, 2.75) is 0 Å². The number of aromatic nitrogens is 1. The Morgan fingerprint density at radius 2 is 1.53 bits per heavy atom. The molecule has 0 saturated carbocycles. The molecule has 0 unspecified atom stereocenters. The Labute approximate surface area is 111 Å². The predicted octanol–water partition coefficient (Wildman–Crippen LogP) is 2.44. The maximum Gasteiger partial charge on any atom is 0.182 e. The van der Waals surface area contributed by atoms with Gasteiger partial charge in [-0.3, -0.25) is 0 Å². The molecule has 19 heavy (non-hydrogen) atoms. The van der Waals surface area contributed by atoms with Crippen molar-refractivity contribution >= 4 is 22.7 Å². The predicted molar refractivity (Wildman–Crippen MR) is 74.8 cm³/mol. The fraction of sp³-hybridized carbons (Fsp3) is 0. The molecule has 0 spiro atoms. The SMILES string of the molecule is [O-]/C(=C\[n+]1ccc2ccccc2c1)c1ccccc1. The van der Waals surface area contributed by atoms with E-state index >= 15 is 0 Å². The average Bonchev–Trinajstić information content (AvgIpc) is 2.48. The zero-order valence-electron chi connectivity index (χ0n) is 10.4. The van der Waals surface area contributed by atoms with E-state index in [1.54, 1.807) is 10.8 Å². The fourth-order valence-electron chi connectivity index (χ4n) is 2.04. The van der Waals surface area contributed by atoms with Gasteiger partial charge < -0.3 is 5.11 Å². The maximum absolute atomic E-state index is 12.1. The van der Waals surface area contributed by atoms with Gasteiger partial charge in [-0.25, -0.2) is 0 Å². The highest BCUT2D eigenvalue weighted by Gasteiger charge is 2.00. The second-order valence-corrected chi connectivity index (χ2v) is 4.38. The summed E-state index contributed by atoms with van der Waals surface area (Å²) in [5.41, 5.74) is 0.697. The van der Waals surface area contributed by atoms with E-state index in [2.05, 4.69) is 6.07 Å². The minimum atomic E-state index is 0.000816. The van der Waals surface area contributed by atoms with Gasteiger partial charge in [0.2, 0.25) is 0 Å². The van der Waals surface area contributed by atoms with Crippen molar-refractivity contribution in [1.29, 1.82) is 0 Å². The Hall–Kier alpha value is -2.61. The van der Waals surface area contributed by atoms with Crippen molar-refractivity contribution in [3.63, 3.8) is 0 Å². The van der Waals surface area contributed by atoms with E-state index in [-0.39, 0.29) is 5.76 Å². The lowest BCUT2D eigenvalue weighted by Crippen LogP contribution is -2.26. The monoisotopic (exact) mass is 247 g/mol. The first-order valence-corrected chi connectivity index (χ1v) is 6.17. The van der Waals surface area contributed by atoms with Gasteiger partial charge in [-0.15, -0.1) is 0 Å². The third-order valence-corrected chi connectivity index (χ3v) is 3.04. The third kappa shape index (κ3) is 2.47. The van der Waals surface area contributed by atoms with Crippen LogP contribution in [0.4, 0.5) is 0 Å². The van der Waals surface area contributed by atoms with E-state index in [1.165, 1.54) is 5.39 Å². The highest BCUT2D eigenvalue weighted by Crippen LogP contribution is 2.11. The van der Waals surface area contributed by atoms with E-state index in [0.29, 0.717) is 5.56 Å². The van der Waals surface area contributed by atoms with Crippen molar-refractivity contribution in [2.75, 3.05) is 0 Å². The minimum absolute atomic E-state index is 0.000816. The molecule has 0 saturated heterocycles. The summed E-state index contributed by atoms with van der Waals surface area (Å²) in [6, 6.07) is 19.4. The summed E-state index contributed by atoms with van der Waals surface area (Å²) in [7, 11) is 0. The molecule has 92 valence electrons. The Kier molecular flexibility index (Phi) is 2.99. The fourth-order valence-corrected chi connectivity index (χ4v) is 2.04. The molecule has 0 fully saturated rings. The normalized spacial score (nSPS) is 11.7. The van der Waals surface area contributed by atoms with Gasteiger partial charge in [0.25, 0.3) is 0 Å². The molecule has 3 aromatic rings. The molecule has 2 aromatic carbocycles. The van der Waals surface area contributed by atoms with Crippen LogP contribution in [0.1, 0.15) is 5.56 Å². The molecule has 1 heterocycles. The molecule has 0 radical (unpaired) electrons. The third-order valence-electron chi connectivity index (χ3n) is 3.04. The topological polar surface area (TPSA) is 26.9 Å². The molecular weight excluding hydrogens is 234 g/mol. The number of benzene rings is 2. The van der Waals surface area contributed by atoms with Gasteiger partial charge in [0.15, 0.2) is 18.6 Å². The molecule has 0 bridgehead atoms. The molecule has 2 heteroatoms. The van der Waals surface area contributed by atoms with Gasteiger partial charge >= 0.3 is 0 Å². The Morgan fingerprint density at radius 1 is 0.842 bits per heavy atom. The van der Waals surface area contributed by atoms with Crippen molar-refractivity contribution < 1.29 is 9.67 Å². The van der Waals surface area contributed by atoms with E-state index < -0.39 is 0 Å². The van der Waals surface area contributed by atoms with Crippen LogP contribution in [0.5, 0.6) is 0 Å². The first-order chi connectivity index (χ1) is 9.33. The van der Waals surface area contributed by atoms with Gasteiger partial charge in [0.1, 0.15) is 0 Å². The molecule has 1 aromatic heterocycles. The van der Waals surface area contributed by atoms with E-state index in [0.717, 1.165) is 5.39 Å². The smallest absolute Gasteiger partial charge is 0.182 e. The Morgan fingerprint density at radius 3 is 2.32 bits per heavy atom. The number of rotatable bonds is 2. The van der Waals surface area contributed by atoms with Gasteiger partial charge in [0, 0.05) is 11.5 Å². The Bertz CT molecular complexity index is 732. The van der Waals surface area contributed by atoms with E-state index in [9.17, 15) is 5.11 Å². The lowest BCUT2D eigenvalue weighted by atomic mass is 10.2. The molecule has 0 atom stereocenters. The summed E-state index contributed by atoms with van der Waals surface area (Å²) in [5.74, 6) is 0.000816. The molecule has 0 aliphatic carbocycles. The van der Waals surface area contributed by atoms with Crippen molar-refractivity contribution in [3.8, 4) is 0 Å². The largest absolute Gasteiger partial charge is 0.868 e. The molecule has 3 rings (SSSR count). The second kappa shape index (κ2) is 4.94. The first-order valence-electron chi connectivity index (χ1n) is 6.17. The number of nitrogens with zero attached hydrogens (tertiary/aromatic N) is 1. The van der Waals surface area contributed by atoms with Crippen LogP contribution >= 0.6 is 0 Å². The number of hydrogen-bond donors (Lipinski definition) is 0. The number of fused-ring (bicyclic) bond motifs is 1. The minimum Gasteiger partial charge on any atom is -0.868 e. The van der Waals surface area contributed by atoms with Crippen LogP contribution in [0.15, 0.2) is 73.1 Å². The van der Waals surface area contributed by atoms with Crippen molar-refractivity contribution in [2.24, 2.45) is 0 Å². The second-order valence-electron chi connectivity index (χ2n) is 4.38. The molecular formula is C17H13NO. The lowest BCUT2D eigenvalue weighted by molar-refractivity contribution is -0.568. The van der Waals surface area contributed by atoms with Crippen LogP contribution in [0.25, 0.3) is 22.7 Å². The van der Waals surface area contributed by atoms with Gasteiger partial charge in [-0.1, -0.05) is 48.5 Å². The molecule has 2 nitrogen and oxygen atoms in total. The summed E-state index contributed by atoms with van der Waals surface area (Å²) < 4.78 is 1.80. The summed E-state index contributed by atoms with van der Waals surface area (Å²) in [6.07, 6.45) is 5.45. The van der Waals surface area contributed by atoms with Crippen LogP contribution in [0, 0.1) is 0 Å². The van der Waals surface area contributed by atoms with Crippen LogP contribution in [0.2, 0.25) is 0 Å². The van der Waals surface area contributed by atoms with Crippen molar-refractivity contribution in [1.82, 2.24) is 0 Å². The van der Waals surface area contributed by atoms with Crippen molar-refractivity contribution in [3.05, 3.63) is 78.6 Å². The zero-order valence-corrected chi connectivity index (χ0v) is 10.4. The average molecular weight is 247 g/mol. The van der Waals surface area contributed by atoms with Crippen LogP contribution in [0.3, 0.4) is 0 Å². The quantitative estimate of drug-likeness (QED) is 0.505. The van der Waals surface area contributed by atoms with Crippen LogP contribution < -0.4 is 9.67 Å². The van der Waals surface area contributed by atoms with Gasteiger partial charge in [-0.2, -0.15) is 4.57 Å². The Balaban J connectivity index is 2.01. The van der Waals surface area contributed by atoms with Gasteiger partial charge in [0.05, 0.1) is 0 Å². The molecule has 0 N–H and O–H groups in total. The molecule has 0 aliphatic heterocycles. The van der Waals surface area contributed by atoms with Crippen LogP contribution in [-0.4, -0.2) is 0 Å². The van der Waals surface area contributed by atoms with Gasteiger partial charge in [-0.05, 0) is 22.8 Å². The van der Waals surface area contributed by atoms with Crippen LogP contribution in [-0.2, 0) is 0 Å². The lowest BCUT2D eigenvalue weighted by Gasteiger charge is -2.08. The summed E-state index contributed by atoms with van der Waals surface area (Å²) in [5, 5.41) is 14.4. The van der Waals surface area contributed by atoms with E-state index in [1.807, 2.05) is 67.0 Å².